The number of esters is 2. The number of benzene rings is 1. The van der Waals surface area contributed by atoms with Crippen LogP contribution < -0.4 is 11.1 Å². The molecule has 1 fully saturated rings. The summed E-state index contributed by atoms with van der Waals surface area (Å²) in [5, 5.41) is 28.9. The van der Waals surface area contributed by atoms with Crippen LogP contribution in [0.3, 0.4) is 0 Å². The molecule has 1 amide bonds. The van der Waals surface area contributed by atoms with Crippen LogP contribution in [0.1, 0.15) is 39.0 Å². The molecule has 3 aromatic rings. The lowest BCUT2D eigenvalue weighted by Gasteiger charge is -2.25. The van der Waals surface area contributed by atoms with Gasteiger partial charge in [-0.25, -0.2) is 14.3 Å². The van der Waals surface area contributed by atoms with E-state index in [4.69, 9.17) is 34.2 Å². The number of amides is 1. The molecule has 0 spiro atoms. The molecular formula is C34H38N6O10. The van der Waals surface area contributed by atoms with Gasteiger partial charge in [0.25, 0.3) is 5.95 Å². The van der Waals surface area contributed by atoms with E-state index in [1.807, 2.05) is 26.0 Å². The molecule has 4 heterocycles. The van der Waals surface area contributed by atoms with Gasteiger partial charge in [-0.2, -0.15) is 10.4 Å². The number of fused-ring (bicyclic) bond motifs is 1. The Labute approximate surface area is 287 Å². The maximum atomic E-state index is 13.0. The molecule has 2 aliphatic heterocycles. The van der Waals surface area contributed by atoms with Crippen molar-refractivity contribution in [1.29, 1.82) is 5.26 Å². The highest BCUT2D eigenvalue weighted by molar-refractivity contribution is 5.88. The molecule has 2 aliphatic rings. The van der Waals surface area contributed by atoms with Gasteiger partial charge >= 0.3 is 18.0 Å². The highest BCUT2D eigenvalue weighted by Crippen LogP contribution is 2.42. The van der Waals surface area contributed by atoms with Crippen molar-refractivity contribution in [3.63, 3.8) is 0 Å². The first-order chi connectivity index (χ1) is 23.8. The number of hydrogen-bond acceptors (Lipinski definition) is 14. The number of aliphatic hydroxyl groups is 1. The highest BCUT2D eigenvalue weighted by Gasteiger charge is 2.60. The van der Waals surface area contributed by atoms with E-state index in [1.165, 1.54) is 16.6 Å². The van der Waals surface area contributed by atoms with Gasteiger partial charge in [-0.1, -0.05) is 58.0 Å². The lowest BCUT2D eigenvalue weighted by atomic mass is 9.92. The summed E-state index contributed by atoms with van der Waals surface area (Å²) < 4.78 is 34.6. The molecule has 1 saturated heterocycles. The predicted molar refractivity (Wildman–Crippen MR) is 173 cm³/mol. The monoisotopic (exact) mass is 690 g/mol. The number of allylic oxidation sites excluding steroid dienone is 1. The average molecular weight is 691 g/mol. The molecule has 264 valence electrons. The molecule has 0 radical (unpaired) electrons. The second kappa shape index (κ2) is 14.9. The number of aromatic nitrogens is 3. The van der Waals surface area contributed by atoms with E-state index in [1.54, 1.807) is 38.1 Å². The minimum atomic E-state index is -2.19. The van der Waals surface area contributed by atoms with Crippen molar-refractivity contribution >= 4 is 29.4 Å². The quantitative estimate of drug-likeness (QED) is 0.184. The molecule has 16 heteroatoms. The number of nitrogens with one attached hydrogen (secondary N) is 1. The summed E-state index contributed by atoms with van der Waals surface area (Å²) in [4.78, 5) is 42.6. The van der Waals surface area contributed by atoms with E-state index in [0.717, 1.165) is 6.33 Å². The fourth-order valence-electron chi connectivity index (χ4n) is 5.42. The molecule has 16 nitrogen and oxygen atoms in total. The molecule has 2 aromatic heterocycles. The lowest BCUT2D eigenvalue weighted by Crippen LogP contribution is -2.46. The van der Waals surface area contributed by atoms with Gasteiger partial charge in [0.2, 0.25) is 5.60 Å². The van der Waals surface area contributed by atoms with E-state index in [2.05, 4.69) is 22.0 Å². The zero-order valence-electron chi connectivity index (χ0n) is 27.9. The van der Waals surface area contributed by atoms with Gasteiger partial charge in [-0.15, -0.1) is 0 Å². The third-order valence-corrected chi connectivity index (χ3v) is 8.09. The minimum absolute atomic E-state index is 0.000154. The highest BCUT2D eigenvalue weighted by atomic mass is 16.7. The van der Waals surface area contributed by atoms with Crippen molar-refractivity contribution in [1.82, 2.24) is 14.6 Å². The smallest absolute Gasteiger partial charge is 0.413 e. The van der Waals surface area contributed by atoms with Crippen molar-refractivity contribution < 1.29 is 47.9 Å². The van der Waals surface area contributed by atoms with Gasteiger partial charge in [0.15, 0.2) is 30.0 Å². The first kappa shape index (κ1) is 35.8. The van der Waals surface area contributed by atoms with Crippen LogP contribution in [0.2, 0.25) is 0 Å². The standard InChI is InChI=1S/C34H38N6O10/c1-18(2)27(36)32(43)49-29-24(15-45-26(41)13-21-9-7-6-8-10-21)50-34(16-35,30(29)42)25-12-11-22-31(37-17-38-40(22)25)39-33(44)46-14-23-28(19(3)4)48-20(5)47-23/h6-12,17-19,24,27,29-30,42H,5,13-15,36H2,1-4H3,(H,37,38,39,44)/t24-,27+,29-,30-,34+/m1/s1. The Hall–Kier alpha value is -5.50. The molecule has 4 N–H and O–H groups in total. The fraction of sp³-hybridized carbons (Fsp3) is 0.412. The summed E-state index contributed by atoms with van der Waals surface area (Å²) in [6.07, 6.45) is -4.38. The van der Waals surface area contributed by atoms with Gasteiger partial charge in [-0.3, -0.25) is 14.9 Å². The molecule has 0 bridgehead atoms. The molecule has 0 saturated carbocycles. The number of ether oxygens (including phenoxy) is 6. The van der Waals surface area contributed by atoms with Gasteiger partial charge in [0.1, 0.15) is 42.8 Å². The molecule has 5 rings (SSSR count). The van der Waals surface area contributed by atoms with Crippen LogP contribution >= 0.6 is 0 Å². The van der Waals surface area contributed by atoms with E-state index >= 15 is 0 Å². The third-order valence-electron chi connectivity index (χ3n) is 8.09. The van der Waals surface area contributed by atoms with Crippen molar-refractivity contribution in [2.75, 3.05) is 18.5 Å². The topological polar surface area (TPSA) is 219 Å². The van der Waals surface area contributed by atoms with Crippen LogP contribution in [0.25, 0.3) is 5.52 Å². The third kappa shape index (κ3) is 7.39. The second-order valence-electron chi connectivity index (χ2n) is 12.3. The first-order valence-electron chi connectivity index (χ1n) is 15.8. The summed E-state index contributed by atoms with van der Waals surface area (Å²) in [6, 6.07) is 12.8. The number of nitrogens with two attached hydrogens (primary N) is 1. The van der Waals surface area contributed by atoms with E-state index in [0.29, 0.717) is 17.1 Å². The number of anilines is 1. The number of nitrogens with zero attached hydrogens (tertiary/aromatic N) is 4. The van der Waals surface area contributed by atoms with Crippen LogP contribution in [0, 0.1) is 23.2 Å². The summed E-state index contributed by atoms with van der Waals surface area (Å²) in [5.41, 5.74) is 4.74. The number of carbonyl (C=O) groups is 3. The molecule has 0 aliphatic carbocycles. The SMILES string of the molecule is C=C1OC(COC(=O)Nc2ncnn3c([C@]4(C#N)O[C@H](COC(=O)Cc5ccccc5)[C@@H](OC(=O)[C@@H](N)C(C)C)[C@H]4O)ccc23)=C(C(C)C)O1. The summed E-state index contributed by atoms with van der Waals surface area (Å²) in [6.45, 7) is 10.1. The van der Waals surface area contributed by atoms with E-state index in [9.17, 15) is 24.8 Å². The van der Waals surface area contributed by atoms with Crippen LogP contribution in [-0.4, -0.2) is 75.3 Å². The molecule has 0 unspecified atom stereocenters. The molecular weight excluding hydrogens is 652 g/mol. The maximum Gasteiger partial charge on any atom is 0.413 e. The maximum absolute atomic E-state index is 13.0. The number of carbonyl (C=O) groups excluding carboxylic acids is 3. The average Bonchev–Trinajstić information content (AvgIpc) is 3.77. The van der Waals surface area contributed by atoms with Crippen molar-refractivity contribution in [2.24, 2.45) is 17.6 Å². The van der Waals surface area contributed by atoms with Crippen molar-refractivity contribution in [2.45, 2.75) is 64.1 Å². The van der Waals surface area contributed by atoms with Crippen molar-refractivity contribution in [3.05, 3.63) is 84.1 Å². The zero-order chi connectivity index (χ0) is 36.2. The Bertz CT molecular complexity index is 1830. The Balaban J connectivity index is 1.38. The summed E-state index contributed by atoms with van der Waals surface area (Å²) in [5.74, 6) is -0.948. The van der Waals surface area contributed by atoms with Gasteiger partial charge in [0.05, 0.1) is 12.1 Å². The van der Waals surface area contributed by atoms with E-state index in [-0.39, 0.29) is 47.8 Å². The fourth-order valence-corrected chi connectivity index (χ4v) is 5.42. The molecule has 5 atom stereocenters. The largest absolute Gasteiger partial charge is 0.463 e. The summed E-state index contributed by atoms with van der Waals surface area (Å²) >= 11 is 0. The number of nitriles is 1. The lowest BCUT2D eigenvalue weighted by molar-refractivity contribution is -0.162. The summed E-state index contributed by atoms with van der Waals surface area (Å²) in [7, 11) is 0. The molecule has 50 heavy (non-hydrogen) atoms. The van der Waals surface area contributed by atoms with Crippen molar-refractivity contribution in [3.8, 4) is 6.07 Å². The normalized spacial score (nSPS) is 22.2. The van der Waals surface area contributed by atoms with E-state index < -0.39 is 54.6 Å². The first-order valence-corrected chi connectivity index (χ1v) is 15.8. The Morgan fingerprint density at radius 1 is 1.14 bits per heavy atom. The predicted octanol–water partition coefficient (Wildman–Crippen LogP) is 2.82. The Morgan fingerprint density at radius 3 is 2.56 bits per heavy atom. The van der Waals surface area contributed by atoms with Crippen LogP contribution in [0.15, 0.2) is 72.8 Å². The number of aliphatic hydroxyl groups excluding tert-OH is 1. The van der Waals surface area contributed by atoms with Gasteiger partial charge in [0, 0.05) is 5.92 Å². The van der Waals surface area contributed by atoms with Gasteiger partial charge < -0.3 is 39.3 Å². The second-order valence-corrected chi connectivity index (χ2v) is 12.3. The minimum Gasteiger partial charge on any atom is -0.463 e. The Morgan fingerprint density at radius 2 is 1.88 bits per heavy atom. The number of rotatable bonds is 12. The molecule has 1 aromatic carbocycles. The van der Waals surface area contributed by atoms with Gasteiger partial charge in [-0.05, 0) is 30.2 Å². The van der Waals surface area contributed by atoms with Crippen LogP contribution in [-0.2, 0) is 50.0 Å². The van der Waals surface area contributed by atoms with Crippen LogP contribution in [0.5, 0.6) is 0 Å². The number of hydrogen-bond donors (Lipinski definition) is 3. The zero-order valence-corrected chi connectivity index (χ0v) is 27.9. The van der Waals surface area contributed by atoms with Crippen LogP contribution in [0.4, 0.5) is 10.6 Å². The Kier molecular flexibility index (Phi) is 10.7.